The SMILES string of the molecule is CC(=Cc1c(F)cncc1F)C(=O)O. The van der Waals surface area contributed by atoms with Crippen LogP contribution >= 0.6 is 0 Å². The van der Waals surface area contributed by atoms with Gasteiger partial charge in [-0.05, 0) is 13.0 Å². The molecule has 74 valence electrons. The molecule has 0 aromatic carbocycles. The van der Waals surface area contributed by atoms with E-state index in [-0.39, 0.29) is 11.1 Å². The summed E-state index contributed by atoms with van der Waals surface area (Å²) in [6, 6.07) is 0. The van der Waals surface area contributed by atoms with Crippen molar-refractivity contribution in [3.8, 4) is 0 Å². The van der Waals surface area contributed by atoms with Gasteiger partial charge in [-0.2, -0.15) is 0 Å². The van der Waals surface area contributed by atoms with E-state index in [0.29, 0.717) is 0 Å². The minimum absolute atomic E-state index is 0.144. The van der Waals surface area contributed by atoms with Crippen molar-refractivity contribution in [1.82, 2.24) is 4.98 Å². The van der Waals surface area contributed by atoms with Gasteiger partial charge in [0.15, 0.2) is 11.6 Å². The van der Waals surface area contributed by atoms with Gasteiger partial charge in [0.2, 0.25) is 0 Å². The second-order valence-corrected chi connectivity index (χ2v) is 2.65. The first-order valence-electron chi connectivity index (χ1n) is 3.73. The number of hydrogen-bond donors (Lipinski definition) is 1. The van der Waals surface area contributed by atoms with Crippen LogP contribution in [-0.2, 0) is 4.79 Å². The van der Waals surface area contributed by atoms with E-state index in [1.54, 1.807) is 0 Å². The fraction of sp³-hybridized carbons (Fsp3) is 0.111. The number of aliphatic carboxylic acids is 1. The maximum Gasteiger partial charge on any atom is 0.331 e. The molecule has 1 aromatic heterocycles. The summed E-state index contributed by atoms with van der Waals surface area (Å²) >= 11 is 0. The molecule has 1 N–H and O–H groups in total. The van der Waals surface area contributed by atoms with Crippen molar-refractivity contribution in [1.29, 1.82) is 0 Å². The van der Waals surface area contributed by atoms with Crippen molar-refractivity contribution in [3.05, 3.63) is 35.2 Å². The third-order valence-corrected chi connectivity index (χ3v) is 1.59. The Balaban J connectivity index is 3.20. The number of carbonyl (C=O) groups is 1. The van der Waals surface area contributed by atoms with Crippen molar-refractivity contribution in [2.75, 3.05) is 0 Å². The predicted molar refractivity (Wildman–Crippen MR) is 45.4 cm³/mol. The molecule has 0 saturated carbocycles. The van der Waals surface area contributed by atoms with E-state index in [1.165, 1.54) is 6.92 Å². The van der Waals surface area contributed by atoms with Crippen LogP contribution in [0.3, 0.4) is 0 Å². The Hall–Kier alpha value is -1.78. The summed E-state index contributed by atoms with van der Waals surface area (Å²) in [7, 11) is 0. The van der Waals surface area contributed by atoms with Crippen LogP contribution < -0.4 is 0 Å². The average Bonchev–Trinajstić information content (AvgIpc) is 2.11. The standard InChI is InChI=1S/C9H7F2NO2/c1-5(9(13)14)2-6-7(10)3-12-4-8(6)11/h2-4H,1H3,(H,13,14). The van der Waals surface area contributed by atoms with E-state index < -0.39 is 17.6 Å². The van der Waals surface area contributed by atoms with E-state index >= 15 is 0 Å². The lowest BCUT2D eigenvalue weighted by Gasteiger charge is -1.98. The van der Waals surface area contributed by atoms with Crippen molar-refractivity contribution >= 4 is 12.0 Å². The number of carboxylic acid groups (broad SMARTS) is 1. The van der Waals surface area contributed by atoms with Crippen molar-refractivity contribution in [2.24, 2.45) is 0 Å². The molecule has 1 aromatic rings. The fourth-order valence-electron chi connectivity index (χ4n) is 0.837. The number of nitrogens with zero attached hydrogens (tertiary/aromatic N) is 1. The zero-order valence-electron chi connectivity index (χ0n) is 7.29. The highest BCUT2D eigenvalue weighted by atomic mass is 19.1. The second-order valence-electron chi connectivity index (χ2n) is 2.65. The fourth-order valence-corrected chi connectivity index (χ4v) is 0.837. The zero-order chi connectivity index (χ0) is 10.7. The number of rotatable bonds is 2. The van der Waals surface area contributed by atoms with E-state index in [9.17, 15) is 13.6 Å². The minimum Gasteiger partial charge on any atom is -0.478 e. The lowest BCUT2D eigenvalue weighted by molar-refractivity contribution is -0.132. The lowest BCUT2D eigenvalue weighted by atomic mass is 10.1. The highest BCUT2D eigenvalue weighted by molar-refractivity contribution is 5.91. The molecule has 14 heavy (non-hydrogen) atoms. The van der Waals surface area contributed by atoms with Gasteiger partial charge in [-0.15, -0.1) is 0 Å². The highest BCUT2D eigenvalue weighted by Gasteiger charge is 2.08. The third-order valence-electron chi connectivity index (χ3n) is 1.59. The third kappa shape index (κ3) is 2.12. The van der Waals surface area contributed by atoms with E-state index in [0.717, 1.165) is 18.5 Å². The first kappa shape index (κ1) is 10.3. The average molecular weight is 199 g/mol. The number of halogens is 2. The molecule has 0 amide bonds. The van der Waals surface area contributed by atoms with Gasteiger partial charge in [0.05, 0.1) is 12.4 Å². The molecule has 0 aliphatic carbocycles. The van der Waals surface area contributed by atoms with Crippen LogP contribution in [0.25, 0.3) is 6.08 Å². The van der Waals surface area contributed by atoms with Gasteiger partial charge in [0, 0.05) is 11.1 Å². The summed E-state index contributed by atoms with van der Waals surface area (Å²) < 4.78 is 25.9. The van der Waals surface area contributed by atoms with Crippen molar-refractivity contribution in [2.45, 2.75) is 6.92 Å². The Morgan fingerprint density at radius 1 is 1.43 bits per heavy atom. The quantitative estimate of drug-likeness (QED) is 0.739. The lowest BCUT2D eigenvalue weighted by Crippen LogP contribution is -1.98. The maximum atomic E-state index is 12.9. The van der Waals surface area contributed by atoms with Crippen LogP contribution in [0.2, 0.25) is 0 Å². The van der Waals surface area contributed by atoms with Crippen LogP contribution in [0.15, 0.2) is 18.0 Å². The van der Waals surface area contributed by atoms with Gasteiger partial charge < -0.3 is 5.11 Å². The van der Waals surface area contributed by atoms with E-state index in [4.69, 9.17) is 5.11 Å². The molecule has 0 saturated heterocycles. The molecule has 0 bridgehead atoms. The topological polar surface area (TPSA) is 50.2 Å². The first-order valence-corrected chi connectivity index (χ1v) is 3.73. The van der Waals surface area contributed by atoms with E-state index in [1.807, 2.05) is 0 Å². The van der Waals surface area contributed by atoms with Gasteiger partial charge in [-0.25, -0.2) is 13.6 Å². The molecule has 1 heterocycles. The summed E-state index contributed by atoms with van der Waals surface area (Å²) in [5.41, 5.74) is -0.533. The monoisotopic (exact) mass is 199 g/mol. The van der Waals surface area contributed by atoms with Gasteiger partial charge >= 0.3 is 5.97 Å². The molecule has 0 spiro atoms. The van der Waals surface area contributed by atoms with Crippen LogP contribution in [0.1, 0.15) is 12.5 Å². The summed E-state index contributed by atoms with van der Waals surface area (Å²) in [6.45, 7) is 1.25. The smallest absolute Gasteiger partial charge is 0.331 e. The van der Waals surface area contributed by atoms with Crippen LogP contribution in [0.4, 0.5) is 8.78 Å². The van der Waals surface area contributed by atoms with Crippen LogP contribution in [-0.4, -0.2) is 16.1 Å². The first-order chi connectivity index (χ1) is 6.52. The van der Waals surface area contributed by atoms with Gasteiger partial charge in [-0.3, -0.25) is 4.98 Å². The van der Waals surface area contributed by atoms with Crippen molar-refractivity contribution < 1.29 is 18.7 Å². The molecule has 0 unspecified atom stereocenters. The molecule has 1 rings (SSSR count). The molecule has 0 aliphatic heterocycles. The number of carboxylic acids is 1. The Morgan fingerprint density at radius 3 is 2.36 bits per heavy atom. The minimum atomic E-state index is -1.22. The molecule has 0 aliphatic rings. The summed E-state index contributed by atoms with van der Waals surface area (Å²) in [5, 5.41) is 8.50. The summed E-state index contributed by atoms with van der Waals surface area (Å²) in [5.74, 6) is -2.99. The Bertz CT molecular complexity index is 382. The van der Waals surface area contributed by atoms with Crippen molar-refractivity contribution in [3.63, 3.8) is 0 Å². The normalized spacial score (nSPS) is 11.5. The zero-order valence-corrected chi connectivity index (χ0v) is 7.29. The molecule has 5 heteroatoms. The summed E-state index contributed by atoms with van der Waals surface area (Å²) in [6.07, 6.45) is 2.57. The maximum absolute atomic E-state index is 12.9. The molecular weight excluding hydrogens is 192 g/mol. The molecular formula is C9H7F2NO2. The molecule has 0 radical (unpaired) electrons. The second kappa shape index (κ2) is 3.95. The van der Waals surface area contributed by atoms with Gasteiger partial charge in [0.1, 0.15) is 0 Å². The van der Waals surface area contributed by atoms with Gasteiger partial charge in [-0.1, -0.05) is 0 Å². The molecule has 3 nitrogen and oxygen atoms in total. The number of hydrogen-bond acceptors (Lipinski definition) is 2. The molecule has 0 atom stereocenters. The van der Waals surface area contributed by atoms with Gasteiger partial charge in [0.25, 0.3) is 0 Å². The Morgan fingerprint density at radius 2 is 1.93 bits per heavy atom. The molecule has 0 fully saturated rings. The highest BCUT2D eigenvalue weighted by Crippen LogP contribution is 2.14. The van der Waals surface area contributed by atoms with E-state index in [2.05, 4.69) is 4.98 Å². The van der Waals surface area contributed by atoms with Crippen LogP contribution in [0.5, 0.6) is 0 Å². The summed E-state index contributed by atoms with van der Waals surface area (Å²) in [4.78, 5) is 13.7. The largest absolute Gasteiger partial charge is 0.478 e. The Kier molecular flexibility index (Phi) is 2.91. The predicted octanol–water partition coefficient (Wildman–Crippen LogP) is 1.85. The number of pyridine rings is 1. The number of aromatic nitrogens is 1. The Labute approximate surface area is 78.7 Å². The van der Waals surface area contributed by atoms with Crippen LogP contribution in [0, 0.1) is 11.6 Å².